The van der Waals surface area contributed by atoms with Crippen LogP contribution < -0.4 is 5.32 Å². The topological polar surface area (TPSA) is 15.3 Å². The lowest BCUT2D eigenvalue weighted by Crippen LogP contribution is -2.26. The fourth-order valence-electron chi connectivity index (χ4n) is 2.38. The maximum absolute atomic E-state index is 3.87. The molecule has 0 heterocycles. The highest BCUT2D eigenvalue weighted by molar-refractivity contribution is 5.27. The molecule has 98 valence electrons. The lowest BCUT2D eigenvalue weighted by atomic mass is 10.0. The van der Waals surface area contributed by atoms with Crippen molar-refractivity contribution in [1.82, 2.24) is 10.2 Å². The average molecular weight is 244 g/mol. The third-order valence-corrected chi connectivity index (χ3v) is 3.56. The molecule has 1 N–H and O–H groups in total. The largest absolute Gasteiger partial charge is 0.319 e. The predicted molar refractivity (Wildman–Crippen MR) is 77.7 cm³/mol. The summed E-state index contributed by atoms with van der Waals surface area (Å²) in [4.78, 5) is 2.55. The van der Waals surface area contributed by atoms with Gasteiger partial charge in [-0.1, -0.05) is 30.3 Å². The van der Waals surface area contributed by atoms with Crippen LogP contribution in [0.25, 0.3) is 0 Å². The quantitative estimate of drug-likeness (QED) is 0.707. The van der Waals surface area contributed by atoms with Crippen LogP contribution in [-0.2, 0) is 13.0 Å². The summed E-state index contributed by atoms with van der Waals surface area (Å²) in [6, 6.07) is 9.61. The molecule has 2 rings (SSSR count). The van der Waals surface area contributed by atoms with E-state index in [-0.39, 0.29) is 0 Å². The molecular weight excluding hydrogens is 220 g/mol. The summed E-state index contributed by atoms with van der Waals surface area (Å²) in [7, 11) is 2.01. The third-order valence-electron chi connectivity index (χ3n) is 3.56. The molecule has 1 saturated carbocycles. The van der Waals surface area contributed by atoms with Crippen molar-refractivity contribution in [3.8, 4) is 0 Å². The summed E-state index contributed by atoms with van der Waals surface area (Å²) in [6.45, 7) is 6.99. The Morgan fingerprint density at radius 1 is 1.33 bits per heavy atom. The number of hydrogen-bond acceptors (Lipinski definition) is 2. The van der Waals surface area contributed by atoms with Crippen molar-refractivity contribution in [2.45, 2.75) is 31.8 Å². The predicted octanol–water partition coefficient (Wildman–Crippen LogP) is 2.60. The van der Waals surface area contributed by atoms with Crippen LogP contribution in [0.5, 0.6) is 0 Å². The number of hydrogen-bond donors (Lipinski definition) is 1. The average Bonchev–Trinajstić information content (AvgIpc) is 3.21. The molecule has 0 unspecified atom stereocenters. The van der Waals surface area contributed by atoms with E-state index in [0.29, 0.717) is 0 Å². The molecule has 0 bridgehead atoms. The monoisotopic (exact) mass is 244 g/mol. The zero-order chi connectivity index (χ0) is 12.8. The van der Waals surface area contributed by atoms with Crippen molar-refractivity contribution in [3.63, 3.8) is 0 Å². The van der Waals surface area contributed by atoms with Gasteiger partial charge in [-0.25, -0.2) is 0 Å². The highest BCUT2D eigenvalue weighted by Gasteiger charge is 2.28. The van der Waals surface area contributed by atoms with Gasteiger partial charge in [0.25, 0.3) is 0 Å². The summed E-state index contributed by atoms with van der Waals surface area (Å²) in [5.41, 5.74) is 2.95. The van der Waals surface area contributed by atoms with Crippen molar-refractivity contribution in [3.05, 3.63) is 48.0 Å². The minimum absolute atomic E-state index is 0.792. The van der Waals surface area contributed by atoms with Crippen LogP contribution in [0.3, 0.4) is 0 Å². The van der Waals surface area contributed by atoms with Crippen molar-refractivity contribution in [1.29, 1.82) is 0 Å². The second kappa shape index (κ2) is 6.72. The maximum Gasteiger partial charge on any atom is 0.0242 e. The van der Waals surface area contributed by atoms with E-state index < -0.39 is 0 Å². The SMILES string of the molecule is C=CCN(Cc1ccccc1CCNC)C1CC1. The molecule has 0 radical (unpaired) electrons. The molecule has 0 saturated heterocycles. The van der Waals surface area contributed by atoms with Gasteiger partial charge in [0, 0.05) is 19.1 Å². The molecule has 1 fully saturated rings. The van der Waals surface area contributed by atoms with Gasteiger partial charge < -0.3 is 5.32 Å². The van der Waals surface area contributed by atoms with Gasteiger partial charge in [-0.15, -0.1) is 6.58 Å². The fourth-order valence-corrected chi connectivity index (χ4v) is 2.38. The Labute approximate surface area is 111 Å². The molecule has 0 atom stereocenters. The van der Waals surface area contributed by atoms with Gasteiger partial charge in [0.1, 0.15) is 0 Å². The molecule has 1 aliphatic carbocycles. The number of rotatable bonds is 8. The fraction of sp³-hybridized carbons (Fsp3) is 0.500. The van der Waals surface area contributed by atoms with Crippen molar-refractivity contribution in [2.75, 3.05) is 20.1 Å². The maximum atomic E-state index is 3.87. The molecule has 0 amide bonds. The van der Waals surface area contributed by atoms with E-state index in [2.05, 4.69) is 41.1 Å². The molecule has 18 heavy (non-hydrogen) atoms. The van der Waals surface area contributed by atoms with E-state index in [1.165, 1.54) is 24.0 Å². The molecule has 0 aromatic heterocycles. The van der Waals surface area contributed by atoms with E-state index >= 15 is 0 Å². The Morgan fingerprint density at radius 2 is 2.06 bits per heavy atom. The highest BCUT2D eigenvalue weighted by Crippen LogP contribution is 2.28. The zero-order valence-corrected chi connectivity index (χ0v) is 11.4. The van der Waals surface area contributed by atoms with E-state index in [1.54, 1.807) is 0 Å². The Hall–Kier alpha value is -1.12. The number of likely N-dealkylation sites (N-methyl/N-ethyl adjacent to an activating group) is 1. The molecular formula is C16H24N2. The lowest BCUT2D eigenvalue weighted by Gasteiger charge is -2.22. The van der Waals surface area contributed by atoms with Gasteiger partial charge in [-0.3, -0.25) is 4.90 Å². The zero-order valence-electron chi connectivity index (χ0n) is 11.4. The summed E-state index contributed by atoms with van der Waals surface area (Å²) in [5, 5.41) is 3.23. The molecule has 1 aliphatic rings. The van der Waals surface area contributed by atoms with Crippen LogP contribution in [0.4, 0.5) is 0 Å². The van der Waals surface area contributed by atoms with E-state index in [0.717, 1.165) is 32.1 Å². The Bertz CT molecular complexity index is 382. The van der Waals surface area contributed by atoms with Gasteiger partial charge in [-0.2, -0.15) is 0 Å². The summed E-state index contributed by atoms with van der Waals surface area (Å²) < 4.78 is 0. The van der Waals surface area contributed by atoms with Gasteiger partial charge in [-0.05, 0) is 44.0 Å². The molecule has 2 heteroatoms. The molecule has 1 aromatic rings. The first-order valence-corrected chi connectivity index (χ1v) is 6.91. The molecule has 0 spiro atoms. The van der Waals surface area contributed by atoms with Crippen LogP contribution in [0.1, 0.15) is 24.0 Å². The molecule has 0 aliphatic heterocycles. The van der Waals surface area contributed by atoms with Crippen LogP contribution in [0.15, 0.2) is 36.9 Å². The van der Waals surface area contributed by atoms with E-state index in [9.17, 15) is 0 Å². The normalized spacial score (nSPS) is 15.0. The van der Waals surface area contributed by atoms with Crippen LogP contribution >= 0.6 is 0 Å². The third kappa shape index (κ3) is 3.69. The van der Waals surface area contributed by atoms with E-state index in [1.807, 2.05) is 13.1 Å². The number of nitrogens with zero attached hydrogens (tertiary/aromatic N) is 1. The standard InChI is InChI=1S/C16H24N2/c1-3-12-18(16-8-9-16)13-15-7-5-4-6-14(15)10-11-17-2/h3-7,16-17H,1,8-13H2,2H3. The van der Waals surface area contributed by atoms with Gasteiger partial charge in [0.2, 0.25) is 0 Å². The first kappa shape index (κ1) is 13.3. The Morgan fingerprint density at radius 3 is 2.67 bits per heavy atom. The van der Waals surface area contributed by atoms with Crippen LogP contribution in [0, 0.1) is 0 Å². The summed E-state index contributed by atoms with van der Waals surface area (Å²) in [6.07, 6.45) is 5.84. The smallest absolute Gasteiger partial charge is 0.0242 e. The first-order chi connectivity index (χ1) is 8.85. The van der Waals surface area contributed by atoms with Gasteiger partial charge in [0.05, 0.1) is 0 Å². The van der Waals surface area contributed by atoms with Crippen LogP contribution in [0.2, 0.25) is 0 Å². The summed E-state index contributed by atoms with van der Waals surface area (Å²) in [5.74, 6) is 0. The summed E-state index contributed by atoms with van der Waals surface area (Å²) >= 11 is 0. The van der Waals surface area contributed by atoms with Crippen molar-refractivity contribution in [2.24, 2.45) is 0 Å². The molecule has 1 aromatic carbocycles. The lowest BCUT2D eigenvalue weighted by molar-refractivity contribution is 0.283. The van der Waals surface area contributed by atoms with E-state index in [4.69, 9.17) is 0 Å². The second-order valence-corrected chi connectivity index (χ2v) is 5.07. The molecule has 2 nitrogen and oxygen atoms in total. The van der Waals surface area contributed by atoms with Crippen molar-refractivity contribution < 1.29 is 0 Å². The number of nitrogens with one attached hydrogen (secondary N) is 1. The number of benzene rings is 1. The van der Waals surface area contributed by atoms with Crippen molar-refractivity contribution >= 4 is 0 Å². The minimum atomic E-state index is 0.792. The van der Waals surface area contributed by atoms with Crippen LogP contribution in [-0.4, -0.2) is 31.1 Å². The first-order valence-electron chi connectivity index (χ1n) is 6.91. The Kier molecular flexibility index (Phi) is 4.97. The second-order valence-electron chi connectivity index (χ2n) is 5.07. The van der Waals surface area contributed by atoms with Gasteiger partial charge in [0.15, 0.2) is 0 Å². The minimum Gasteiger partial charge on any atom is -0.319 e. The highest BCUT2D eigenvalue weighted by atomic mass is 15.2. The van der Waals surface area contributed by atoms with Gasteiger partial charge >= 0.3 is 0 Å². The Balaban J connectivity index is 2.03.